The second kappa shape index (κ2) is 5.13. The maximum absolute atomic E-state index is 11.7. The number of hydrogen-bond donors (Lipinski definition) is 3. The summed E-state index contributed by atoms with van der Waals surface area (Å²) < 4.78 is 0. The van der Waals surface area contributed by atoms with Crippen molar-refractivity contribution in [2.75, 3.05) is 24.2 Å². The summed E-state index contributed by atoms with van der Waals surface area (Å²) in [5.74, 6) is -0.949. The van der Waals surface area contributed by atoms with Gasteiger partial charge in [0.05, 0.1) is 12.2 Å². The molecule has 102 valence electrons. The van der Waals surface area contributed by atoms with Gasteiger partial charge in [0, 0.05) is 13.1 Å². The van der Waals surface area contributed by atoms with Crippen molar-refractivity contribution in [3.8, 4) is 0 Å². The van der Waals surface area contributed by atoms with Gasteiger partial charge in [-0.1, -0.05) is 0 Å². The summed E-state index contributed by atoms with van der Waals surface area (Å²) in [4.78, 5) is 28.0. The number of anilines is 2. The number of aromatic carboxylic acids is 1. The van der Waals surface area contributed by atoms with Crippen LogP contribution >= 0.6 is 0 Å². The Hall–Kier alpha value is -2.31. The molecule has 4 N–H and O–H groups in total. The lowest BCUT2D eigenvalue weighted by atomic mass is 10.3. The lowest BCUT2D eigenvalue weighted by Gasteiger charge is -2.19. The van der Waals surface area contributed by atoms with Crippen LogP contribution in [0.2, 0.25) is 0 Å². The Morgan fingerprint density at radius 3 is 2.79 bits per heavy atom. The van der Waals surface area contributed by atoms with Gasteiger partial charge in [0.1, 0.15) is 0 Å². The lowest BCUT2D eigenvalue weighted by molar-refractivity contribution is -0.119. The Balaban J connectivity index is 2.08. The predicted octanol–water partition coefficient (Wildman–Crippen LogP) is 0.0768. The number of amides is 1. The van der Waals surface area contributed by atoms with Gasteiger partial charge < -0.3 is 21.1 Å². The largest absolute Gasteiger partial charge is 0.477 e. The summed E-state index contributed by atoms with van der Waals surface area (Å²) in [5.41, 5.74) is 5.99. The molecule has 0 atom stereocenters. The molecular formula is C12H16N4O3. The van der Waals surface area contributed by atoms with E-state index >= 15 is 0 Å². The first-order valence-electron chi connectivity index (χ1n) is 5.97. The molecule has 0 aliphatic heterocycles. The van der Waals surface area contributed by atoms with Crippen LogP contribution in [0, 0.1) is 0 Å². The summed E-state index contributed by atoms with van der Waals surface area (Å²) in [6.45, 7) is 0.0940. The van der Waals surface area contributed by atoms with Crippen molar-refractivity contribution in [2.24, 2.45) is 0 Å². The minimum absolute atomic E-state index is 0.0940. The maximum atomic E-state index is 11.7. The van der Waals surface area contributed by atoms with E-state index in [0.717, 1.165) is 12.8 Å². The predicted molar refractivity (Wildman–Crippen MR) is 70.0 cm³/mol. The number of carbonyl (C=O) groups is 2. The molecular weight excluding hydrogens is 248 g/mol. The molecule has 2 rings (SSSR count). The molecule has 1 heterocycles. The quantitative estimate of drug-likeness (QED) is 0.694. The molecule has 1 aromatic rings. The van der Waals surface area contributed by atoms with Gasteiger partial charge in [-0.25, -0.2) is 9.78 Å². The van der Waals surface area contributed by atoms with Crippen LogP contribution in [0.15, 0.2) is 12.1 Å². The van der Waals surface area contributed by atoms with Crippen molar-refractivity contribution in [3.63, 3.8) is 0 Å². The van der Waals surface area contributed by atoms with Gasteiger partial charge in [-0.2, -0.15) is 0 Å². The fourth-order valence-corrected chi connectivity index (χ4v) is 1.68. The van der Waals surface area contributed by atoms with E-state index in [4.69, 9.17) is 10.8 Å². The normalized spacial score (nSPS) is 13.9. The van der Waals surface area contributed by atoms with E-state index in [-0.39, 0.29) is 24.2 Å². The highest BCUT2D eigenvalue weighted by Gasteiger charge is 2.24. The molecule has 7 nitrogen and oxygen atoms in total. The smallest absolute Gasteiger partial charge is 0.354 e. The monoisotopic (exact) mass is 264 g/mol. The van der Waals surface area contributed by atoms with Crippen molar-refractivity contribution in [2.45, 2.75) is 18.9 Å². The number of carbonyl (C=O) groups excluding carboxylic acids is 1. The summed E-state index contributed by atoms with van der Waals surface area (Å²) in [7, 11) is 1.65. The van der Waals surface area contributed by atoms with Crippen LogP contribution in [0.4, 0.5) is 11.5 Å². The number of hydrogen-bond acceptors (Lipinski definition) is 5. The van der Waals surface area contributed by atoms with Gasteiger partial charge >= 0.3 is 5.97 Å². The summed E-state index contributed by atoms with van der Waals surface area (Å²) in [5, 5.41) is 11.7. The van der Waals surface area contributed by atoms with Crippen LogP contribution in [-0.2, 0) is 4.79 Å². The third kappa shape index (κ3) is 3.34. The number of nitrogens with zero attached hydrogens (tertiary/aromatic N) is 2. The minimum atomic E-state index is -1.13. The number of nitrogens with one attached hydrogen (secondary N) is 1. The molecule has 0 aromatic carbocycles. The number of likely N-dealkylation sites (N-methyl/N-ethyl adjacent to an activating group) is 1. The molecule has 1 saturated carbocycles. The average Bonchev–Trinajstić information content (AvgIpc) is 3.12. The highest BCUT2D eigenvalue weighted by molar-refractivity contribution is 5.87. The first-order chi connectivity index (χ1) is 8.97. The van der Waals surface area contributed by atoms with Gasteiger partial charge in [0.2, 0.25) is 5.91 Å². The topological polar surface area (TPSA) is 109 Å². The first kappa shape index (κ1) is 13.1. The molecule has 7 heteroatoms. The maximum Gasteiger partial charge on any atom is 0.354 e. The van der Waals surface area contributed by atoms with Crippen molar-refractivity contribution >= 4 is 23.4 Å². The number of nitrogen functional groups attached to an aromatic ring is 1. The van der Waals surface area contributed by atoms with Crippen LogP contribution in [0.5, 0.6) is 0 Å². The van der Waals surface area contributed by atoms with Gasteiger partial charge in [0.25, 0.3) is 0 Å². The molecule has 0 unspecified atom stereocenters. The van der Waals surface area contributed by atoms with E-state index in [1.54, 1.807) is 11.9 Å². The van der Waals surface area contributed by atoms with Gasteiger partial charge in [-0.15, -0.1) is 0 Å². The van der Waals surface area contributed by atoms with Gasteiger partial charge in [-0.3, -0.25) is 4.79 Å². The van der Waals surface area contributed by atoms with Gasteiger partial charge in [0.15, 0.2) is 11.5 Å². The highest BCUT2D eigenvalue weighted by Crippen LogP contribution is 2.21. The average molecular weight is 264 g/mol. The van der Waals surface area contributed by atoms with Crippen molar-refractivity contribution in [3.05, 3.63) is 17.8 Å². The Labute approximate surface area is 110 Å². The second-order valence-corrected chi connectivity index (χ2v) is 4.61. The van der Waals surface area contributed by atoms with E-state index in [9.17, 15) is 9.59 Å². The van der Waals surface area contributed by atoms with E-state index in [1.807, 2.05) is 0 Å². The van der Waals surface area contributed by atoms with E-state index in [2.05, 4.69) is 10.3 Å². The molecule has 0 spiro atoms. The second-order valence-electron chi connectivity index (χ2n) is 4.61. The van der Waals surface area contributed by atoms with Crippen molar-refractivity contribution in [1.29, 1.82) is 0 Å². The Morgan fingerprint density at radius 1 is 1.53 bits per heavy atom. The third-order valence-corrected chi connectivity index (χ3v) is 2.81. The molecule has 1 aromatic heterocycles. The fourth-order valence-electron chi connectivity index (χ4n) is 1.68. The number of rotatable bonds is 5. The molecule has 1 amide bonds. The molecule has 1 fully saturated rings. The van der Waals surface area contributed by atoms with E-state index in [0.29, 0.717) is 11.5 Å². The van der Waals surface area contributed by atoms with Crippen LogP contribution in [0.1, 0.15) is 23.3 Å². The fraction of sp³-hybridized carbons (Fsp3) is 0.417. The summed E-state index contributed by atoms with van der Waals surface area (Å²) >= 11 is 0. The Bertz CT molecular complexity index is 514. The lowest BCUT2D eigenvalue weighted by Crippen LogP contribution is -2.37. The van der Waals surface area contributed by atoms with E-state index in [1.165, 1.54) is 12.1 Å². The molecule has 1 aliphatic rings. The van der Waals surface area contributed by atoms with Gasteiger partial charge in [-0.05, 0) is 25.0 Å². The van der Waals surface area contributed by atoms with E-state index < -0.39 is 5.97 Å². The molecule has 0 bridgehead atoms. The van der Waals surface area contributed by atoms with Crippen LogP contribution in [-0.4, -0.2) is 41.6 Å². The molecule has 1 aliphatic carbocycles. The first-order valence-corrected chi connectivity index (χ1v) is 5.97. The minimum Gasteiger partial charge on any atom is -0.477 e. The Morgan fingerprint density at radius 2 is 2.21 bits per heavy atom. The number of carboxylic acids is 1. The summed E-state index contributed by atoms with van der Waals surface area (Å²) in [6.07, 6.45) is 2.04. The zero-order valence-corrected chi connectivity index (χ0v) is 10.6. The van der Waals surface area contributed by atoms with Crippen LogP contribution < -0.4 is 16.0 Å². The number of carboxylic acid groups (broad SMARTS) is 1. The zero-order chi connectivity index (χ0) is 14.0. The third-order valence-electron chi connectivity index (χ3n) is 2.81. The summed E-state index contributed by atoms with van der Waals surface area (Å²) in [6, 6.07) is 3.09. The SMILES string of the molecule is CN(CC(=O)NC1CC1)c1nc(C(=O)O)ccc1N. The highest BCUT2D eigenvalue weighted by atomic mass is 16.4. The zero-order valence-electron chi connectivity index (χ0n) is 10.6. The molecule has 0 radical (unpaired) electrons. The van der Waals surface area contributed by atoms with Crippen molar-refractivity contribution in [1.82, 2.24) is 10.3 Å². The van der Waals surface area contributed by atoms with Crippen LogP contribution in [0.25, 0.3) is 0 Å². The number of aromatic nitrogens is 1. The standard InChI is InChI=1S/C12H16N4O3/c1-16(6-10(17)14-7-2-3-7)11-8(13)4-5-9(15-11)12(18)19/h4-5,7H,2-3,6,13H2,1H3,(H,14,17)(H,18,19). The molecule has 19 heavy (non-hydrogen) atoms. The van der Waals surface area contributed by atoms with Crippen molar-refractivity contribution < 1.29 is 14.7 Å². The van der Waals surface area contributed by atoms with Crippen LogP contribution in [0.3, 0.4) is 0 Å². The Kier molecular flexibility index (Phi) is 3.55. The number of nitrogens with two attached hydrogens (primary N) is 1. The molecule has 0 saturated heterocycles. The number of pyridine rings is 1.